The fourth-order valence-electron chi connectivity index (χ4n) is 1.66. The highest BCUT2D eigenvalue weighted by Gasteiger charge is 2.18. The van der Waals surface area contributed by atoms with Crippen LogP contribution in [0.25, 0.3) is 0 Å². The largest absolute Gasteiger partial charge is 0.324 e. The van der Waals surface area contributed by atoms with Crippen molar-refractivity contribution in [3.05, 3.63) is 58.6 Å². The van der Waals surface area contributed by atoms with E-state index < -0.39 is 22.5 Å². The van der Waals surface area contributed by atoms with Gasteiger partial charge < -0.3 is 5.32 Å². The van der Waals surface area contributed by atoms with Gasteiger partial charge >= 0.3 is 0 Å². The van der Waals surface area contributed by atoms with E-state index in [1.54, 1.807) is 36.4 Å². The molecule has 8 heteroatoms. The minimum Gasteiger partial charge on any atom is -0.324 e. The van der Waals surface area contributed by atoms with E-state index in [4.69, 9.17) is 23.2 Å². The van der Waals surface area contributed by atoms with Crippen LogP contribution in [0.3, 0.4) is 0 Å². The lowest BCUT2D eigenvalue weighted by molar-refractivity contribution is -0.115. The molecule has 0 aliphatic rings. The first kappa shape index (κ1) is 16.8. The molecular formula is C14H12Cl2N2O3S. The second kappa shape index (κ2) is 7.11. The smallest absolute Gasteiger partial charge is 0.242 e. The molecular weight excluding hydrogens is 347 g/mol. The number of para-hydroxylation sites is 1. The summed E-state index contributed by atoms with van der Waals surface area (Å²) in [5.41, 5.74) is 0.408. The Morgan fingerprint density at radius 2 is 1.55 bits per heavy atom. The lowest BCUT2D eigenvalue weighted by Gasteiger charge is -2.09. The number of anilines is 1. The molecule has 0 spiro atoms. The molecule has 1 amide bonds. The van der Waals surface area contributed by atoms with Crippen LogP contribution >= 0.6 is 23.2 Å². The molecule has 0 atom stereocenters. The van der Waals surface area contributed by atoms with Crippen LogP contribution in [0.15, 0.2) is 53.4 Å². The van der Waals surface area contributed by atoms with Gasteiger partial charge in [-0.05, 0) is 24.3 Å². The molecule has 2 aromatic rings. The van der Waals surface area contributed by atoms with Gasteiger partial charge in [0.25, 0.3) is 0 Å². The molecule has 5 nitrogen and oxygen atoms in total. The average Bonchev–Trinajstić information content (AvgIpc) is 2.48. The normalized spacial score (nSPS) is 11.2. The Kier molecular flexibility index (Phi) is 5.42. The van der Waals surface area contributed by atoms with E-state index in [2.05, 4.69) is 10.0 Å². The van der Waals surface area contributed by atoms with Gasteiger partial charge in [-0.3, -0.25) is 4.79 Å². The van der Waals surface area contributed by atoms with E-state index in [1.165, 1.54) is 12.1 Å². The third kappa shape index (κ3) is 4.20. The summed E-state index contributed by atoms with van der Waals surface area (Å²) in [6.45, 7) is -0.432. The van der Waals surface area contributed by atoms with E-state index in [-0.39, 0.29) is 9.92 Å². The Balaban J connectivity index is 2.02. The van der Waals surface area contributed by atoms with Crippen molar-refractivity contribution in [2.45, 2.75) is 4.90 Å². The number of nitrogens with one attached hydrogen (secondary N) is 2. The van der Waals surface area contributed by atoms with Crippen molar-refractivity contribution >= 4 is 44.8 Å². The summed E-state index contributed by atoms with van der Waals surface area (Å²) < 4.78 is 26.3. The molecule has 0 radical (unpaired) electrons. The molecule has 0 saturated heterocycles. The molecule has 2 rings (SSSR count). The van der Waals surface area contributed by atoms with E-state index in [0.717, 1.165) is 0 Å². The second-order valence-electron chi connectivity index (χ2n) is 4.28. The predicted octanol–water partition coefficient (Wildman–Crippen LogP) is 2.91. The topological polar surface area (TPSA) is 75.3 Å². The Morgan fingerprint density at radius 3 is 2.18 bits per heavy atom. The summed E-state index contributed by atoms with van der Waals surface area (Å²) >= 11 is 11.7. The maximum Gasteiger partial charge on any atom is 0.242 e. The van der Waals surface area contributed by atoms with Gasteiger partial charge in [0.2, 0.25) is 15.9 Å². The fourth-order valence-corrected chi connectivity index (χ4v) is 3.34. The van der Waals surface area contributed by atoms with Crippen LogP contribution in [0.2, 0.25) is 10.0 Å². The number of rotatable bonds is 5. The second-order valence-corrected chi connectivity index (χ2v) is 6.83. The summed E-state index contributed by atoms with van der Waals surface area (Å²) in [4.78, 5) is 11.7. The van der Waals surface area contributed by atoms with Gasteiger partial charge in [0, 0.05) is 0 Å². The minimum absolute atomic E-state index is 0.0813. The van der Waals surface area contributed by atoms with Crippen molar-refractivity contribution in [2.24, 2.45) is 0 Å². The zero-order valence-corrected chi connectivity index (χ0v) is 13.5. The number of hydrogen-bond donors (Lipinski definition) is 2. The Hall–Kier alpha value is -1.60. The molecule has 0 unspecified atom stereocenters. The van der Waals surface area contributed by atoms with Crippen molar-refractivity contribution < 1.29 is 13.2 Å². The number of sulfonamides is 1. The molecule has 0 aliphatic heterocycles. The van der Waals surface area contributed by atoms with Crippen molar-refractivity contribution in [1.29, 1.82) is 0 Å². The molecule has 116 valence electrons. The maximum atomic E-state index is 12.1. The number of hydrogen-bond acceptors (Lipinski definition) is 3. The minimum atomic E-state index is -3.86. The van der Waals surface area contributed by atoms with E-state index >= 15 is 0 Å². The zero-order chi connectivity index (χ0) is 16.2. The summed E-state index contributed by atoms with van der Waals surface area (Å²) in [5.74, 6) is -0.538. The van der Waals surface area contributed by atoms with Gasteiger partial charge in [-0.25, -0.2) is 13.1 Å². The molecule has 22 heavy (non-hydrogen) atoms. The Labute approximate surface area is 138 Å². The lowest BCUT2D eigenvalue weighted by atomic mass is 10.3. The summed E-state index contributed by atoms with van der Waals surface area (Å²) in [7, 11) is -3.86. The summed E-state index contributed by atoms with van der Waals surface area (Å²) in [5, 5.41) is 2.97. The molecule has 2 N–H and O–H groups in total. The maximum absolute atomic E-state index is 12.1. The van der Waals surface area contributed by atoms with E-state index in [9.17, 15) is 13.2 Å². The molecule has 0 saturated carbocycles. The van der Waals surface area contributed by atoms with Crippen LogP contribution < -0.4 is 10.0 Å². The highest BCUT2D eigenvalue weighted by Crippen LogP contribution is 2.21. The van der Waals surface area contributed by atoms with Crippen LogP contribution in [-0.4, -0.2) is 20.9 Å². The predicted molar refractivity (Wildman–Crippen MR) is 86.7 cm³/mol. The third-order valence-electron chi connectivity index (χ3n) is 2.70. The fraction of sp³-hybridized carbons (Fsp3) is 0.0714. The van der Waals surface area contributed by atoms with Crippen LogP contribution in [0.1, 0.15) is 0 Å². The quantitative estimate of drug-likeness (QED) is 0.862. The SMILES string of the molecule is O=C(CNS(=O)(=O)c1ccccc1Cl)Nc1ccccc1Cl. The van der Waals surface area contributed by atoms with Crippen LogP contribution in [0.4, 0.5) is 5.69 Å². The van der Waals surface area contributed by atoms with Gasteiger partial charge in [0.1, 0.15) is 4.90 Å². The zero-order valence-electron chi connectivity index (χ0n) is 11.2. The van der Waals surface area contributed by atoms with Crippen LogP contribution in [-0.2, 0) is 14.8 Å². The number of benzene rings is 2. The molecule has 0 heterocycles. The number of amides is 1. The molecule has 0 aliphatic carbocycles. The van der Waals surface area contributed by atoms with E-state index in [1.807, 2.05) is 0 Å². The Bertz CT molecular complexity index is 794. The van der Waals surface area contributed by atoms with Crippen LogP contribution in [0.5, 0.6) is 0 Å². The van der Waals surface area contributed by atoms with Gasteiger partial charge in [-0.1, -0.05) is 47.5 Å². The molecule has 2 aromatic carbocycles. The first-order chi connectivity index (χ1) is 10.4. The number of carbonyl (C=O) groups is 1. The van der Waals surface area contributed by atoms with Crippen molar-refractivity contribution in [3.63, 3.8) is 0 Å². The standard InChI is InChI=1S/C14H12Cl2N2O3S/c15-10-5-1-3-7-12(10)18-14(19)9-17-22(20,21)13-8-4-2-6-11(13)16/h1-8,17H,9H2,(H,18,19). The number of carbonyl (C=O) groups excluding carboxylic acids is 1. The lowest BCUT2D eigenvalue weighted by Crippen LogP contribution is -2.33. The van der Waals surface area contributed by atoms with Gasteiger partial charge in [-0.15, -0.1) is 0 Å². The monoisotopic (exact) mass is 358 g/mol. The van der Waals surface area contributed by atoms with Gasteiger partial charge in [0.15, 0.2) is 0 Å². The summed E-state index contributed by atoms with van der Waals surface area (Å²) in [6.07, 6.45) is 0. The molecule has 0 bridgehead atoms. The first-order valence-corrected chi connectivity index (χ1v) is 8.42. The van der Waals surface area contributed by atoms with Crippen molar-refractivity contribution in [3.8, 4) is 0 Å². The summed E-state index contributed by atoms with van der Waals surface area (Å²) in [6, 6.07) is 12.6. The average molecular weight is 359 g/mol. The number of halogens is 2. The van der Waals surface area contributed by atoms with Crippen LogP contribution in [0, 0.1) is 0 Å². The van der Waals surface area contributed by atoms with Crippen molar-refractivity contribution in [2.75, 3.05) is 11.9 Å². The first-order valence-electron chi connectivity index (χ1n) is 6.19. The Morgan fingerprint density at radius 1 is 0.955 bits per heavy atom. The van der Waals surface area contributed by atoms with Gasteiger partial charge in [-0.2, -0.15) is 0 Å². The highest BCUT2D eigenvalue weighted by atomic mass is 35.5. The highest BCUT2D eigenvalue weighted by molar-refractivity contribution is 7.89. The third-order valence-corrected chi connectivity index (χ3v) is 4.93. The molecule has 0 fully saturated rings. The van der Waals surface area contributed by atoms with E-state index in [0.29, 0.717) is 10.7 Å². The van der Waals surface area contributed by atoms with Crippen molar-refractivity contribution in [1.82, 2.24) is 4.72 Å². The molecule has 0 aromatic heterocycles. The van der Waals surface area contributed by atoms with Gasteiger partial charge in [0.05, 0.1) is 22.3 Å².